The van der Waals surface area contributed by atoms with E-state index in [-0.39, 0.29) is 12.8 Å². The summed E-state index contributed by atoms with van der Waals surface area (Å²) in [7, 11) is 0. The molecular formula is C13H12N2O5. The Morgan fingerprint density at radius 3 is 2.80 bits per heavy atom. The number of aryl methyl sites for hydroxylation is 1. The number of fused-ring (bicyclic) bond motifs is 1. The third-order valence-electron chi connectivity index (χ3n) is 2.81. The smallest absolute Gasteiger partial charge is 0.303 e. The van der Waals surface area contributed by atoms with Crippen molar-refractivity contribution >= 4 is 5.97 Å². The first kappa shape index (κ1) is 12.5. The van der Waals surface area contributed by atoms with Gasteiger partial charge < -0.3 is 19.0 Å². The molecular weight excluding hydrogens is 264 g/mol. The van der Waals surface area contributed by atoms with Crippen molar-refractivity contribution in [1.82, 2.24) is 10.2 Å². The number of hydrogen-bond acceptors (Lipinski definition) is 6. The Labute approximate surface area is 114 Å². The normalized spacial score (nSPS) is 13.2. The van der Waals surface area contributed by atoms with Crippen molar-refractivity contribution in [2.45, 2.75) is 12.8 Å². The van der Waals surface area contributed by atoms with Crippen LogP contribution in [0.4, 0.5) is 0 Å². The summed E-state index contributed by atoms with van der Waals surface area (Å²) in [6.07, 6.45) is 0.176. The molecule has 7 heteroatoms. The number of nitrogens with zero attached hydrogens (tertiary/aromatic N) is 2. The number of aliphatic carboxylic acids is 1. The Morgan fingerprint density at radius 2 is 2.00 bits per heavy atom. The lowest BCUT2D eigenvalue weighted by Gasteiger charge is -2.18. The van der Waals surface area contributed by atoms with Gasteiger partial charge in [-0.2, -0.15) is 0 Å². The summed E-state index contributed by atoms with van der Waals surface area (Å²) in [5.41, 5.74) is 0.711. The van der Waals surface area contributed by atoms with Crippen LogP contribution in [0.1, 0.15) is 12.3 Å². The second-order valence-electron chi connectivity index (χ2n) is 4.25. The Hall–Kier alpha value is -2.57. The molecule has 104 valence electrons. The predicted octanol–water partition coefficient (Wildman–Crippen LogP) is 1.52. The highest BCUT2D eigenvalue weighted by molar-refractivity contribution is 5.66. The summed E-state index contributed by atoms with van der Waals surface area (Å²) in [4.78, 5) is 10.5. The van der Waals surface area contributed by atoms with Gasteiger partial charge in [-0.3, -0.25) is 4.79 Å². The third-order valence-corrected chi connectivity index (χ3v) is 2.81. The molecule has 1 aromatic heterocycles. The van der Waals surface area contributed by atoms with Crippen molar-refractivity contribution in [2.24, 2.45) is 0 Å². The molecule has 1 aliphatic heterocycles. The van der Waals surface area contributed by atoms with Crippen LogP contribution < -0.4 is 9.47 Å². The first-order valence-corrected chi connectivity index (χ1v) is 6.16. The van der Waals surface area contributed by atoms with E-state index in [9.17, 15) is 4.79 Å². The molecule has 0 aliphatic carbocycles. The number of rotatable bonds is 4. The minimum absolute atomic E-state index is 0.0389. The van der Waals surface area contributed by atoms with Crippen LogP contribution in [0.25, 0.3) is 11.5 Å². The molecule has 0 saturated heterocycles. The van der Waals surface area contributed by atoms with Gasteiger partial charge in [0, 0.05) is 12.0 Å². The maximum absolute atomic E-state index is 10.5. The van der Waals surface area contributed by atoms with Crippen molar-refractivity contribution in [1.29, 1.82) is 0 Å². The maximum atomic E-state index is 10.5. The second-order valence-corrected chi connectivity index (χ2v) is 4.25. The van der Waals surface area contributed by atoms with Crippen LogP contribution in [-0.4, -0.2) is 34.5 Å². The minimum Gasteiger partial charge on any atom is -0.486 e. The third kappa shape index (κ3) is 2.56. The fourth-order valence-electron chi connectivity index (χ4n) is 1.86. The second kappa shape index (κ2) is 5.20. The number of ether oxygens (including phenoxy) is 2. The van der Waals surface area contributed by atoms with Crippen LogP contribution in [0.15, 0.2) is 22.6 Å². The largest absolute Gasteiger partial charge is 0.486 e. The SMILES string of the molecule is O=C(O)CCc1nnc(-c2ccc3c(c2)OCCO3)o1. The molecule has 1 aromatic carbocycles. The molecule has 2 aromatic rings. The van der Waals surface area contributed by atoms with Gasteiger partial charge in [-0.05, 0) is 18.2 Å². The molecule has 1 N–H and O–H groups in total. The fourth-order valence-corrected chi connectivity index (χ4v) is 1.86. The molecule has 0 unspecified atom stereocenters. The fraction of sp³-hybridized carbons (Fsp3) is 0.308. The van der Waals surface area contributed by atoms with E-state index in [1.807, 2.05) is 0 Å². The van der Waals surface area contributed by atoms with E-state index < -0.39 is 5.97 Å². The summed E-state index contributed by atoms with van der Waals surface area (Å²) < 4.78 is 16.3. The lowest BCUT2D eigenvalue weighted by Crippen LogP contribution is -2.15. The quantitative estimate of drug-likeness (QED) is 0.904. The van der Waals surface area contributed by atoms with Crippen molar-refractivity contribution in [3.63, 3.8) is 0 Å². The predicted molar refractivity (Wildman–Crippen MR) is 66.7 cm³/mol. The molecule has 3 rings (SSSR count). The van der Waals surface area contributed by atoms with Crippen LogP contribution in [-0.2, 0) is 11.2 Å². The van der Waals surface area contributed by atoms with Crippen LogP contribution in [0.3, 0.4) is 0 Å². The molecule has 20 heavy (non-hydrogen) atoms. The van der Waals surface area contributed by atoms with Crippen molar-refractivity contribution < 1.29 is 23.8 Å². The zero-order chi connectivity index (χ0) is 13.9. The first-order chi connectivity index (χ1) is 9.72. The topological polar surface area (TPSA) is 94.7 Å². The zero-order valence-corrected chi connectivity index (χ0v) is 10.5. The van der Waals surface area contributed by atoms with Gasteiger partial charge in [0.1, 0.15) is 13.2 Å². The Kier molecular flexibility index (Phi) is 3.24. The van der Waals surface area contributed by atoms with Crippen LogP contribution in [0, 0.1) is 0 Å². The van der Waals surface area contributed by atoms with Crippen molar-refractivity contribution in [2.75, 3.05) is 13.2 Å². The average molecular weight is 276 g/mol. The number of carbonyl (C=O) groups is 1. The van der Waals surface area contributed by atoms with Gasteiger partial charge >= 0.3 is 5.97 Å². The number of hydrogen-bond donors (Lipinski definition) is 1. The molecule has 7 nitrogen and oxygen atoms in total. The summed E-state index contributed by atoms with van der Waals surface area (Å²) in [5, 5.41) is 16.3. The molecule has 0 saturated carbocycles. The van der Waals surface area contributed by atoms with E-state index in [1.165, 1.54) is 0 Å². The van der Waals surface area contributed by atoms with Crippen molar-refractivity contribution in [3.8, 4) is 23.0 Å². The van der Waals surface area contributed by atoms with E-state index in [0.29, 0.717) is 42.1 Å². The van der Waals surface area contributed by atoms with Gasteiger partial charge in [0.25, 0.3) is 0 Å². The highest BCUT2D eigenvalue weighted by atomic mass is 16.6. The summed E-state index contributed by atoms with van der Waals surface area (Å²) in [5.74, 6) is 1.06. The molecule has 0 radical (unpaired) electrons. The van der Waals surface area contributed by atoms with E-state index in [1.54, 1.807) is 18.2 Å². The molecule has 0 atom stereocenters. The highest BCUT2D eigenvalue weighted by Crippen LogP contribution is 2.34. The Morgan fingerprint density at radius 1 is 1.20 bits per heavy atom. The van der Waals surface area contributed by atoms with Crippen LogP contribution in [0.5, 0.6) is 11.5 Å². The number of aromatic nitrogens is 2. The van der Waals surface area contributed by atoms with E-state index in [2.05, 4.69) is 10.2 Å². The lowest BCUT2D eigenvalue weighted by atomic mass is 10.2. The van der Waals surface area contributed by atoms with E-state index in [0.717, 1.165) is 0 Å². The van der Waals surface area contributed by atoms with Crippen molar-refractivity contribution in [3.05, 3.63) is 24.1 Å². The average Bonchev–Trinajstić information content (AvgIpc) is 2.93. The summed E-state index contributed by atoms with van der Waals surface area (Å²) >= 11 is 0. The van der Waals surface area contributed by atoms with Crippen LogP contribution in [0.2, 0.25) is 0 Å². The first-order valence-electron chi connectivity index (χ1n) is 6.16. The van der Waals surface area contributed by atoms with Gasteiger partial charge in [0.15, 0.2) is 11.5 Å². The van der Waals surface area contributed by atoms with Gasteiger partial charge in [0.2, 0.25) is 11.8 Å². The molecule has 0 fully saturated rings. The number of benzene rings is 1. The van der Waals surface area contributed by atoms with E-state index >= 15 is 0 Å². The molecule has 2 heterocycles. The lowest BCUT2D eigenvalue weighted by molar-refractivity contribution is -0.137. The Balaban J connectivity index is 1.80. The summed E-state index contributed by atoms with van der Waals surface area (Å²) in [6.45, 7) is 1.04. The van der Waals surface area contributed by atoms with Gasteiger partial charge in [-0.25, -0.2) is 0 Å². The maximum Gasteiger partial charge on any atom is 0.303 e. The number of carboxylic acid groups (broad SMARTS) is 1. The molecule has 0 bridgehead atoms. The molecule has 1 aliphatic rings. The minimum atomic E-state index is -0.899. The monoisotopic (exact) mass is 276 g/mol. The van der Waals surface area contributed by atoms with Gasteiger partial charge in [-0.15, -0.1) is 10.2 Å². The van der Waals surface area contributed by atoms with Crippen LogP contribution >= 0.6 is 0 Å². The summed E-state index contributed by atoms with van der Waals surface area (Å²) in [6, 6.07) is 5.34. The van der Waals surface area contributed by atoms with Gasteiger partial charge in [0.05, 0.1) is 6.42 Å². The highest BCUT2D eigenvalue weighted by Gasteiger charge is 2.15. The molecule has 0 amide bonds. The molecule has 0 spiro atoms. The van der Waals surface area contributed by atoms with E-state index in [4.69, 9.17) is 19.0 Å². The van der Waals surface area contributed by atoms with Gasteiger partial charge in [-0.1, -0.05) is 0 Å². The Bertz CT molecular complexity index is 637. The number of carboxylic acids is 1. The zero-order valence-electron chi connectivity index (χ0n) is 10.5. The standard InChI is InChI=1S/C13H12N2O5/c16-12(17)4-3-11-14-15-13(20-11)8-1-2-9-10(7-8)19-6-5-18-9/h1-2,7H,3-6H2,(H,16,17).